The number of unbranched alkanes of at least 4 members (excludes halogenated alkanes) is 1. The Kier molecular flexibility index (Phi) is 10.7. The summed E-state index contributed by atoms with van der Waals surface area (Å²) in [5, 5.41) is 26.1. The molecule has 7 rings (SSSR count). The first-order valence-corrected chi connectivity index (χ1v) is 17.9. The molecule has 0 aliphatic heterocycles. The number of carbonyl (C=O) groups is 2. The van der Waals surface area contributed by atoms with Crippen molar-refractivity contribution in [2.24, 2.45) is 0 Å². The molecule has 268 valence electrons. The van der Waals surface area contributed by atoms with Crippen molar-refractivity contribution in [1.82, 2.24) is 20.2 Å². The normalized spacial score (nSPS) is 11.2. The molecule has 0 saturated carbocycles. The van der Waals surface area contributed by atoms with Crippen LogP contribution in [0.5, 0.6) is 5.75 Å². The second kappa shape index (κ2) is 16.2. The number of amides is 1. The monoisotopic (exact) mass is 713 g/mol. The van der Waals surface area contributed by atoms with Crippen LogP contribution in [0.2, 0.25) is 0 Å². The molecule has 1 heterocycles. The van der Waals surface area contributed by atoms with Gasteiger partial charge in [0.1, 0.15) is 17.9 Å². The van der Waals surface area contributed by atoms with Crippen molar-refractivity contribution >= 4 is 17.6 Å². The van der Waals surface area contributed by atoms with E-state index in [1.165, 1.54) is 12.1 Å². The van der Waals surface area contributed by atoms with Crippen LogP contribution in [-0.2, 0) is 16.9 Å². The smallest absolute Gasteiger partial charge is 0.335 e. The maximum Gasteiger partial charge on any atom is 0.335 e. The van der Waals surface area contributed by atoms with Gasteiger partial charge in [0.2, 0.25) is 5.91 Å². The standard InChI is InChI=1S/C45H39N5O4/c1-2-3-23-42(51)46-40-29-28-34(44(52)53)30-41(40)54-31-32-24-26-33(27-25-32)38-21-13-14-22-39(38)43-47-48-49-50(43)45(35-15-7-4-8-16-35,36-17-9-5-10-18-36)37-19-11-6-12-20-37/h4-22,24-30H,2-3,23,31H2,1H3,(H,46,51)(H,52,53). The molecule has 1 aromatic heterocycles. The average molecular weight is 714 g/mol. The van der Waals surface area contributed by atoms with Gasteiger partial charge in [0.15, 0.2) is 5.82 Å². The molecule has 2 N–H and O–H groups in total. The number of hydrogen-bond donors (Lipinski definition) is 2. The number of aromatic nitrogens is 4. The highest BCUT2D eigenvalue weighted by molar-refractivity contribution is 5.94. The number of carboxylic acid groups (broad SMARTS) is 1. The van der Waals surface area contributed by atoms with E-state index < -0.39 is 11.5 Å². The summed E-state index contributed by atoms with van der Waals surface area (Å²) >= 11 is 0. The largest absolute Gasteiger partial charge is 0.487 e. The van der Waals surface area contributed by atoms with E-state index >= 15 is 0 Å². The number of carbonyl (C=O) groups excluding carboxylic acids is 1. The Hall–Kier alpha value is -6.87. The maximum absolute atomic E-state index is 12.5. The lowest BCUT2D eigenvalue weighted by molar-refractivity contribution is -0.116. The van der Waals surface area contributed by atoms with E-state index in [0.29, 0.717) is 23.7 Å². The predicted octanol–water partition coefficient (Wildman–Crippen LogP) is 9.25. The van der Waals surface area contributed by atoms with E-state index in [2.05, 4.69) is 58.1 Å². The summed E-state index contributed by atoms with van der Waals surface area (Å²) in [5.41, 5.74) is 6.24. The molecule has 0 bridgehead atoms. The highest BCUT2D eigenvalue weighted by Crippen LogP contribution is 2.43. The molecular formula is C45H39N5O4. The third-order valence-corrected chi connectivity index (χ3v) is 9.45. The fraction of sp³-hybridized carbons (Fsp3) is 0.133. The summed E-state index contributed by atoms with van der Waals surface area (Å²) in [6, 6.07) is 51.4. The van der Waals surface area contributed by atoms with E-state index in [1.807, 2.05) is 109 Å². The number of tetrazole rings is 1. The van der Waals surface area contributed by atoms with E-state index in [-0.39, 0.29) is 18.1 Å². The minimum absolute atomic E-state index is 0.0710. The molecule has 0 aliphatic rings. The van der Waals surface area contributed by atoms with E-state index in [1.54, 1.807) is 6.07 Å². The molecule has 9 nitrogen and oxygen atoms in total. The van der Waals surface area contributed by atoms with Gasteiger partial charge in [-0.1, -0.05) is 153 Å². The van der Waals surface area contributed by atoms with Crippen LogP contribution in [0.15, 0.2) is 158 Å². The van der Waals surface area contributed by atoms with Crippen molar-refractivity contribution in [2.75, 3.05) is 5.32 Å². The molecule has 0 fully saturated rings. The Balaban J connectivity index is 1.24. The van der Waals surface area contributed by atoms with Crippen molar-refractivity contribution in [3.63, 3.8) is 0 Å². The van der Waals surface area contributed by atoms with Crippen molar-refractivity contribution in [3.8, 4) is 28.3 Å². The lowest BCUT2D eigenvalue weighted by Gasteiger charge is -2.36. The average Bonchev–Trinajstić information content (AvgIpc) is 3.71. The topological polar surface area (TPSA) is 119 Å². The predicted molar refractivity (Wildman–Crippen MR) is 209 cm³/mol. The summed E-state index contributed by atoms with van der Waals surface area (Å²) in [6.45, 7) is 2.18. The molecule has 0 aliphatic carbocycles. The zero-order valence-electron chi connectivity index (χ0n) is 29.8. The van der Waals surface area contributed by atoms with Crippen LogP contribution >= 0.6 is 0 Å². The van der Waals surface area contributed by atoms with Gasteiger partial charge in [0.05, 0.1) is 11.3 Å². The van der Waals surface area contributed by atoms with Gasteiger partial charge >= 0.3 is 5.97 Å². The maximum atomic E-state index is 12.5. The number of rotatable bonds is 14. The number of carboxylic acids is 1. The van der Waals surface area contributed by atoms with Gasteiger partial charge in [-0.15, -0.1) is 5.10 Å². The highest BCUT2D eigenvalue weighted by Gasteiger charge is 2.42. The van der Waals surface area contributed by atoms with Crippen LogP contribution in [0.25, 0.3) is 22.5 Å². The van der Waals surface area contributed by atoms with Gasteiger partial charge < -0.3 is 15.2 Å². The number of hydrogen-bond acceptors (Lipinski definition) is 6. The zero-order chi connectivity index (χ0) is 37.3. The van der Waals surface area contributed by atoms with Gasteiger partial charge in [0.25, 0.3) is 0 Å². The minimum Gasteiger partial charge on any atom is -0.487 e. The summed E-state index contributed by atoms with van der Waals surface area (Å²) < 4.78 is 8.05. The van der Waals surface area contributed by atoms with Gasteiger partial charge in [-0.2, -0.15) is 0 Å². The van der Waals surface area contributed by atoms with E-state index in [0.717, 1.165) is 51.8 Å². The van der Waals surface area contributed by atoms with Crippen LogP contribution in [0.4, 0.5) is 5.69 Å². The lowest BCUT2D eigenvalue weighted by Crippen LogP contribution is -2.39. The molecule has 0 saturated heterocycles. The Labute approximate surface area is 313 Å². The van der Waals surface area contributed by atoms with Crippen LogP contribution in [-0.4, -0.2) is 37.2 Å². The summed E-state index contributed by atoms with van der Waals surface area (Å²) in [7, 11) is 0. The van der Waals surface area contributed by atoms with Crippen molar-refractivity contribution in [3.05, 3.63) is 186 Å². The number of benzene rings is 6. The third kappa shape index (κ3) is 7.25. The number of nitrogens with zero attached hydrogens (tertiary/aromatic N) is 4. The van der Waals surface area contributed by atoms with Gasteiger partial charge in [-0.25, -0.2) is 9.48 Å². The fourth-order valence-electron chi connectivity index (χ4n) is 6.79. The third-order valence-electron chi connectivity index (χ3n) is 9.45. The molecule has 9 heteroatoms. The van der Waals surface area contributed by atoms with Gasteiger partial charge in [0, 0.05) is 12.0 Å². The second-order valence-corrected chi connectivity index (χ2v) is 12.9. The summed E-state index contributed by atoms with van der Waals surface area (Å²) in [5.74, 6) is -0.334. The molecule has 1 amide bonds. The summed E-state index contributed by atoms with van der Waals surface area (Å²) in [4.78, 5) is 24.2. The highest BCUT2D eigenvalue weighted by atomic mass is 16.5. The van der Waals surface area contributed by atoms with Crippen LogP contribution in [0.1, 0.15) is 58.8 Å². The fourth-order valence-corrected chi connectivity index (χ4v) is 6.79. The number of aromatic carboxylic acids is 1. The molecule has 7 aromatic rings. The Morgan fingerprint density at radius 2 is 1.30 bits per heavy atom. The first kappa shape index (κ1) is 35.5. The Morgan fingerprint density at radius 1 is 0.722 bits per heavy atom. The number of ether oxygens (including phenoxy) is 1. The summed E-state index contributed by atoms with van der Waals surface area (Å²) in [6.07, 6.45) is 2.02. The van der Waals surface area contributed by atoms with Crippen molar-refractivity contribution in [2.45, 2.75) is 38.3 Å². The van der Waals surface area contributed by atoms with Crippen molar-refractivity contribution < 1.29 is 19.4 Å². The molecule has 0 unspecified atom stereocenters. The van der Waals surface area contributed by atoms with Crippen molar-refractivity contribution in [1.29, 1.82) is 0 Å². The van der Waals surface area contributed by atoms with Crippen LogP contribution < -0.4 is 10.1 Å². The molecule has 0 spiro atoms. The first-order valence-electron chi connectivity index (χ1n) is 17.9. The molecule has 6 aromatic carbocycles. The van der Waals surface area contributed by atoms with E-state index in [4.69, 9.17) is 9.95 Å². The minimum atomic E-state index is -1.08. The van der Waals surface area contributed by atoms with E-state index in [9.17, 15) is 14.7 Å². The van der Waals surface area contributed by atoms with Crippen LogP contribution in [0, 0.1) is 0 Å². The Morgan fingerprint density at radius 3 is 1.87 bits per heavy atom. The molecular weight excluding hydrogens is 675 g/mol. The van der Waals surface area contributed by atoms with Gasteiger partial charge in [-0.05, 0) is 68.4 Å². The number of nitrogens with one attached hydrogen (secondary N) is 1. The zero-order valence-corrected chi connectivity index (χ0v) is 29.8. The SMILES string of the molecule is CCCCC(=O)Nc1ccc(C(=O)O)cc1OCc1ccc(-c2ccccc2-c2nnnn2C(c2ccccc2)(c2ccccc2)c2ccccc2)cc1. The molecule has 0 radical (unpaired) electrons. The molecule has 0 atom stereocenters. The number of anilines is 1. The molecule has 54 heavy (non-hydrogen) atoms. The van der Waals surface area contributed by atoms with Crippen LogP contribution in [0.3, 0.4) is 0 Å². The Bertz CT molecular complexity index is 2250. The second-order valence-electron chi connectivity index (χ2n) is 12.9. The quantitative estimate of drug-likeness (QED) is 0.108. The van der Waals surface area contributed by atoms with Gasteiger partial charge in [-0.3, -0.25) is 4.79 Å². The first-order chi connectivity index (χ1) is 26.5. The lowest BCUT2D eigenvalue weighted by atomic mass is 9.77.